The number of piperidine rings is 1. The zero-order valence-corrected chi connectivity index (χ0v) is 17.3. The molecule has 1 aromatic carbocycles. The summed E-state index contributed by atoms with van der Waals surface area (Å²) in [4.78, 5) is 29.8. The molecule has 0 spiro atoms. The van der Waals surface area contributed by atoms with Gasteiger partial charge in [0, 0.05) is 42.6 Å². The first-order valence-electron chi connectivity index (χ1n) is 10.7. The van der Waals surface area contributed by atoms with Gasteiger partial charge in [-0.15, -0.1) is 0 Å². The third-order valence-corrected chi connectivity index (χ3v) is 7.41. The van der Waals surface area contributed by atoms with E-state index in [9.17, 15) is 14.0 Å². The zero-order valence-electron chi connectivity index (χ0n) is 17.3. The number of nitrogens with zero attached hydrogens (tertiary/aromatic N) is 3. The van der Waals surface area contributed by atoms with Gasteiger partial charge < -0.3 is 14.3 Å². The second-order valence-electron chi connectivity index (χ2n) is 9.12. The van der Waals surface area contributed by atoms with Crippen molar-refractivity contribution in [2.45, 2.75) is 64.1 Å². The molecule has 2 amide bonds. The Hall–Kier alpha value is -2.70. The summed E-state index contributed by atoms with van der Waals surface area (Å²) in [6.45, 7) is 4.37. The highest BCUT2D eigenvalue weighted by Crippen LogP contribution is 2.53. The van der Waals surface area contributed by atoms with E-state index in [0.717, 1.165) is 32.1 Å². The molecule has 158 valence electrons. The fourth-order valence-electron chi connectivity index (χ4n) is 6.18. The van der Waals surface area contributed by atoms with Crippen LogP contribution in [-0.2, 0) is 4.79 Å². The van der Waals surface area contributed by atoms with E-state index in [2.05, 4.69) is 12.1 Å². The van der Waals surface area contributed by atoms with Crippen LogP contribution in [0.5, 0.6) is 0 Å². The van der Waals surface area contributed by atoms with Gasteiger partial charge in [0.25, 0.3) is 5.91 Å². The van der Waals surface area contributed by atoms with Crippen LogP contribution in [-0.4, -0.2) is 51.4 Å². The van der Waals surface area contributed by atoms with Crippen molar-refractivity contribution < 1.29 is 18.5 Å². The highest BCUT2D eigenvalue weighted by atomic mass is 19.1. The van der Waals surface area contributed by atoms with E-state index in [1.54, 1.807) is 25.1 Å². The number of fused-ring (bicyclic) bond motifs is 1. The average Bonchev–Trinajstić information content (AvgIpc) is 3.24. The fraction of sp³-hybridized carbons (Fsp3) is 0.522. The Morgan fingerprint density at radius 1 is 1.20 bits per heavy atom. The minimum absolute atomic E-state index is 0.0322. The van der Waals surface area contributed by atoms with E-state index in [0.29, 0.717) is 17.8 Å². The average molecular weight is 411 g/mol. The maximum absolute atomic E-state index is 14.1. The van der Waals surface area contributed by atoms with Crippen LogP contribution in [0.1, 0.15) is 56.5 Å². The number of carbonyl (C=O) groups is 2. The monoisotopic (exact) mass is 411 g/mol. The largest absolute Gasteiger partial charge is 0.350 e. The summed E-state index contributed by atoms with van der Waals surface area (Å²) in [5, 5.41) is 3.95. The molecule has 5 rings (SSSR count). The van der Waals surface area contributed by atoms with E-state index in [-0.39, 0.29) is 41.1 Å². The molecule has 2 saturated heterocycles. The van der Waals surface area contributed by atoms with Gasteiger partial charge in [0.1, 0.15) is 11.5 Å². The van der Waals surface area contributed by atoms with Crippen molar-refractivity contribution in [2.24, 2.45) is 5.41 Å². The van der Waals surface area contributed by atoms with Crippen LogP contribution in [0.15, 0.2) is 34.9 Å². The maximum Gasteiger partial charge on any atom is 0.292 e. The number of aromatic nitrogens is 1. The van der Waals surface area contributed by atoms with Gasteiger partial charge in [-0.3, -0.25) is 9.59 Å². The van der Waals surface area contributed by atoms with Gasteiger partial charge in [-0.05, 0) is 31.4 Å². The number of amides is 2. The molecule has 7 heteroatoms. The quantitative estimate of drug-likeness (QED) is 0.752. The highest BCUT2D eigenvalue weighted by molar-refractivity contribution is 5.93. The number of rotatable bonds is 2. The smallest absolute Gasteiger partial charge is 0.292 e. The summed E-state index contributed by atoms with van der Waals surface area (Å²) >= 11 is 0. The Balaban J connectivity index is 1.48. The van der Waals surface area contributed by atoms with E-state index in [1.165, 1.54) is 12.1 Å². The van der Waals surface area contributed by atoms with E-state index in [4.69, 9.17) is 4.52 Å². The lowest BCUT2D eigenvalue weighted by Crippen LogP contribution is -2.55. The number of likely N-dealkylation sites (tertiary alicyclic amines) is 2. The van der Waals surface area contributed by atoms with Crippen molar-refractivity contribution in [2.75, 3.05) is 6.54 Å². The first kappa shape index (κ1) is 19.3. The molecule has 3 fully saturated rings. The number of carbonyl (C=O) groups excluding carboxylic acids is 2. The van der Waals surface area contributed by atoms with Gasteiger partial charge in [-0.1, -0.05) is 37.1 Å². The lowest BCUT2D eigenvalue weighted by molar-refractivity contribution is -0.132. The van der Waals surface area contributed by atoms with Crippen molar-refractivity contribution in [1.82, 2.24) is 15.0 Å². The lowest BCUT2D eigenvalue weighted by Gasteiger charge is -2.46. The highest BCUT2D eigenvalue weighted by Gasteiger charge is 2.60. The predicted octanol–water partition coefficient (Wildman–Crippen LogP) is 3.87. The SMILES string of the molecule is CC(=O)N1[C@@H]2CN(C(=O)c3cc(-c4ccccc4F)no3)[C@@H]3CCCC[C@H]1[C@]3(C)C2. The summed E-state index contributed by atoms with van der Waals surface area (Å²) in [5.74, 6) is -0.424. The van der Waals surface area contributed by atoms with Gasteiger partial charge in [0.15, 0.2) is 0 Å². The number of benzene rings is 1. The van der Waals surface area contributed by atoms with Crippen molar-refractivity contribution in [3.8, 4) is 11.3 Å². The Kier molecular flexibility index (Phi) is 4.45. The van der Waals surface area contributed by atoms with Crippen molar-refractivity contribution in [1.29, 1.82) is 0 Å². The van der Waals surface area contributed by atoms with Crippen LogP contribution in [0.4, 0.5) is 4.39 Å². The molecular formula is C23H26FN3O3. The third-order valence-electron chi connectivity index (χ3n) is 7.41. The van der Waals surface area contributed by atoms with Gasteiger partial charge in [0.05, 0.1) is 6.04 Å². The second-order valence-corrected chi connectivity index (χ2v) is 9.12. The van der Waals surface area contributed by atoms with Crippen molar-refractivity contribution in [3.63, 3.8) is 0 Å². The molecule has 30 heavy (non-hydrogen) atoms. The van der Waals surface area contributed by atoms with Crippen LogP contribution in [0.25, 0.3) is 11.3 Å². The van der Waals surface area contributed by atoms with Crippen LogP contribution in [0.2, 0.25) is 0 Å². The predicted molar refractivity (Wildman–Crippen MR) is 108 cm³/mol. The van der Waals surface area contributed by atoms with E-state index in [1.807, 2.05) is 9.80 Å². The van der Waals surface area contributed by atoms with Gasteiger partial charge in [-0.25, -0.2) is 4.39 Å². The molecule has 1 saturated carbocycles. The minimum atomic E-state index is -0.406. The first-order chi connectivity index (χ1) is 14.4. The molecule has 0 N–H and O–H groups in total. The number of hydrogen-bond donors (Lipinski definition) is 0. The Labute approximate surface area is 175 Å². The van der Waals surface area contributed by atoms with Crippen LogP contribution in [0, 0.1) is 11.2 Å². The normalized spacial score (nSPS) is 30.3. The number of hydrogen-bond acceptors (Lipinski definition) is 4. The van der Waals surface area contributed by atoms with Crippen LogP contribution in [0.3, 0.4) is 0 Å². The molecule has 2 aromatic rings. The molecular weight excluding hydrogens is 385 g/mol. The third kappa shape index (κ3) is 2.78. The Bertz CT molecular complexity index is 1010. The molecule has 0 unspecified atom stereocenters. The van der Waals surface area contributed by atoms with Crippen LogP contribution >= 0.6 is 0 Å². The molecule has 1 aromatic heterocycles. The van der Waals surface area contributed by atoms with E-state index >= 15 is 0 Å². The maximum atomic E-state index is 14.1. The van der Waals surface area contributed by atoms with Crippen molar-refractivity contribution >= 4 is 11.8 Å². The van der Waals surface area contributed by atoms with Gasteiger partial charge in [-0.2, -0.15) is 0 Å². The van der Waals surface area contributed by atoms with E-state index < -0.39 is 5.82 Å². The standard InChI is InChI=1S/C23H26FN3O3/c1-14(28)27-15-12-23(2)20(9-5-6-10-21(23)27)26(13-15)22(29)19-11-18(25-30-19)16-7-3-4-8-17(16)24/h3-4,7-8,11,15,20-21H,5-6,9-10,12-13H2,1-2H3/t15-,20+,21-,23+/m0/s1. The topological polar surface area (TPSA) is 66.7 Å². The molecule has 3 aliphatic rings. The summed E-state index contributed by atoms with van der Waals surface area (Å²) in [6, 6.07) is 8.09. The summed E-state index contributed by atoms with van der Waals surface area (Å²) in [6.07, 6.45) is 4.95. The molecule has 2 bridgehead atoms. The molecule has 3 heterocycles. The van der Waals surface area contributed by atoms with Crippen LogP contribution < -0.4 is 0 Å². The molecule has 2 aliphatic heterocycles. The molecule has 4 atom stereocenters. The molecule has 1 aliphatic carbocycles. The van der Waals surface area contributed by atoms with Gasteiger partial charge in [0.2, 0.25) is 11.7 Å². The molecule has 0 radical (unpaired) electrons. The first-order valence-corrected chi connectivity index (χ1v) is 10.7. The lowest BCUT2D eigenvalue weighted by atomic mass is 9.71. The Morgan fingerprint density at radius 2 is 1.93 bits per heavy atom. The summed E-state index contributed by atoms with van der Waals surface area (Å²) < 4.78 is 19.5. The summed E-state index contributed by atoms with van der Waals surface area (Å²) in [7, 11) is 0. The Morgan fingerprint density at radius 3 is 2.67 bits per heavy atom. The zero-order chi connectivity index (χ0) is 21.0. The van der Waals surface area contributed by atoms with Crippen molar-refractivity contribution in [3.05, 3.63) is 41.9 Å². The molecule has 6 nitrogen and oxygen atoms in total. The summed E-state index contributed by atoms with van der Waals surface area (Å²) in [5.41, 5.74) is 0.504. The fourth-order valence-corrected chi connectivity index (χ4v) is 6.18. The minimum Gasteiger partial charge on any atom is -0.350 e. The second kappa shape index (κ2) is 6.93. The number of halogens is 1. The van der Waals surface area contributed by atoms with Gasteiger partial charge >= 0.3 is 0 Å².